The summed E-state index contributed by atoms with van der Waals surface area (Å²) in [5.41, 5.74) is 2.70. The molecule has 208 valence electrons. The molecule has 9 heteroatoms. The van der Waals surface area contributed by atoms with E-state index in [1.54, 1.807) is 61.5 Å². The van der Waals surface area contributed by atoms with Crippen LogP contribution in [0.25, 0.3) is 0 Å². The van der Waals surface area contributed by atoms with Crippen molar-refractivity contribution in [3.05, 3.63) is 94.5 Å². The number of aryl methyl sites for hydroxylation is 1. The Morgan fingerprint density at radius 1 is 0.949 bits per heavy atom. The first kappa shape index (κ1) is 30.2. The van der Waals surface area contributed by atoms with E-state index in [9.17, 15) is 18.0 Å². The van der Waals surface area contributed by atoms with Gasteiger partial charge in [-0.05, 0) is 68.1 Å². The molecule has 0 saturated heterocycles. The van der Waals surface area contributed by atoms with Gasteiger partial charge in [-0.1, -0.05) is 73.5 Å². The molecular weight excluding hydrogens is 534 g/mol. The number of sulfonamides is 1. The molecule has 1 N–H and O–H groups in total. The molecule has 0 saturated carbocycles. The fraction of sp³-hybridized carbons (Fsp3) is 0.333. The molecule has 7 nitrogen and oxygen atoms in total. The van der Waals surface area contributed by atoms with Crippen molar-refractivity contribution in [2.24, 2.45) is 0 Å². The molecule has 3 rings (SSSR count). The van der Waals surface area contributed by atoms with Gasteiger partial charge < -0.3 is 10.2 Å². The van der Waals surface area contributed by atoms with Crippen LogP contribution in [0.2, 0.25) is 5.02 Å². The first-order valence-corrected chi connectivity index (χ1v) is 14.8. The van der Waals surface area contributed by atoms with Crippen molar-refractivity contribution >= 4 is 39.1 Å². The zero-order valence-corrected chi connectivity index (χ0v) is 24.4. The smallest absolute Gasteiger partial charge is 0.264 e. The van der Waals surface area contributed by atoms with E-state index in [-0.39, 0.29) is 17.3 Å². The lowest BCUT2D eigenvalue weighted by Crippen LogP contribution is -2.51. The number of nitrogens with zero attached hydrogens (tertiary/aromatic N) is 2. The standard InChI is InChI=1S/C30H36ClN3O4S/c1-5-6-19-32-30(36)24(4)33(20-25-14-10-11-17-27(25)31)29(35)21-34(28-18-12-13-22(2)23(28)3)39(37,38)26-15-8-7-9-16-26/h7-18,24H,5-6,19-21H2,1-4H3,(H,32,36)/t24-/m1/s1. The van der Waals surface area contributed by atoms with Crippen molar-refractivity contribution in [2.45, 2.75) is 58.0 Å². The number of hydrogen-bond donors (Lipinski definition) is 1. The van der Waals surface area contributed by atoms with Crippen molar-refractivity contribution in [3.8, 4) is 0 Å². The predicted octanol–water partition coefficient (Wildman–Crippen LogP) is 5.49. The first-order valence-electron chi connectivity index (χ1n) is 13.0. The molecule has 0 heterocycles. The number of carbonyl (C=O) groups is 2. The van der Waals surface area contributed by atoms with Crippen LogP contribution in [0.4, 0.5) is 5.69 Å². The maximum absolute atomic E-state index is 14.0. The predicted molar refractivity (Wildman–Crippen MR) is 156 cm³/mol. The molecule has 0 unspecified atom stereocenters. The Balaban J connectivity index is 2.04. The molecule has 0 spiro atoms. The minimum absolute atomic E-state index is 0.0485. The molecule has 0 aliphatic carbocycles. The molecule has 3 aromatic carbocycles. The molecule has 0 radical (unpaired) electrons. The molecule has 39 heavy (non-hydrogen) atoms. The molecule has 0 fully saturated rings. The number of unbranched alkanes of at least 4 members (excludes halogenated alkanes) is 1. The Morgan fingerprint density at radius 2 is 1.62 bits per heavy atom. The molecule has 1 atom stereocenters. The van der Waals surface area contributed by atoms with Crippen molar-refractivity contribution in [1.29, 1.82) is 0 Å². The van der Waals surface area contributed by atoms with E-state index in [4.69, 9.17) is 11.6 Å². The average molecular weight is 570 g/mol. The van der Waals surface area contributed by atoms with Gasteiger partial charge in [0.15, 0.2) is 0 Å². The molecular formula is C30H36ClN3O4S. The third-order valence-corrected chi connectivity index (χ3v) is 8.89. The van der Waals surface area contributed by atoms with Gasteiger partial charge in [0, 0.05) is 18.1 Å². The van der Waals surface area contributed by atoms with Crippen LogP contribution in [0.5, 0.6) is 0 Å². The van der Waals surface area contributed by atoms with Crippen molar-refractivity contribution in [1.82, 2.24) is 10.2 Å². The Kier molecular flexibility index (Phi) is 10.5. The van der Waals surface area contributed by atoms with Crippen LogP contribution < -0.4 is 9.62 Å². The number of anilines is 1. The van der Waals surface area contributed by atoms with Gasteiger partial charge in [0.25, 0.3) is 10.0 Å². The van der Waals surface area contributed by atoms with E-state index in [0.29, 0.717) is 22.8 Å². The van der Waals surface area contributed by atoms with E-state index in [1.165, 1.54) is 17.0 Å². The van der Waals surface area contributed by atoms with Gasteiger partial charge >= 0.3 is 0 Å². The number of rotatable bonds is 12. The van der Waals surface area contributed by atoms with E-state index >= 15 is 0 Å². The van der Waals surface area contributed by atoms with Crippen LogP contribution in [-0.4, -0.2) is 44.3 Å². The molecule has 2 amide bonds. The van der Waals surface area contributed by atoms with Crippen LogP contribution in [0.1, 0.15) is 43.4 Å². The first-order chi connectivity index (χ1) is 18.6. The molecule has 0 aliphatic rings. The fourth-order valence-corrected chi connectivity index (χ4v) is 5.86. The van der Waals surface area contributed by atoms with Crippen molar-refractivity contribution in [2.75, 3.05) is 17.4 Å². The topological polar surface area (TPSA) is 86.8 Å². The zero-order chi connectivity index (χ0) is 28.6. The van der Waals surface area contributed by atoms with Crippen molar-refractivity contribution < 1.29 is 18.0 Å². The van der Waals surface area contributed by atoms with Gasteiger partial charge in [-0.15, -0.1) is 0 Å². The monoisotopic (exact) mass is 569 g/mol. The van der Waals surface area contributed by atoms with Crippen molar-refractivity contribution in [3.63, 3.8) is 0 Å². The lowest BCUT2D eigenvalue weighted by Gasteiger charge is -2.32. The fourth-order valence-electron chi connectivity index (χ4n) is 4.17. The van der Waals surface area contributed by atoms with E-state index in [0.717, 1.165) is 28.3 Å². The summed E-state index contributed by atoms with van der Waals surface area (Å²) >= 11 is 6.41. The highest BCUT2D eigenvalue weighted by atomic mass is 35.5. The number of halogens is 1. The van der Waals surface area contributed by atoms with Gasteiger partial charge in [0.1, 0.15) is 12.6 Å². The van der Waals surface area contributed by atoms with E-state index in [1.807, 2.05) is 26.8 Å². The van der Waals surface area contributed by atoms with Crippen LogP contribution in [0, 0.1) is 13.8 Å². The molecule has 3 aromatic rings. The van der Waals surface area contributed by atoms with Crippen LogP contribution >= 0.6 is 11.6 Å². The number of benzene rings is 3. The van der Waals surface area contributed by atoms with Crippen LogP contribution in [-0.2, 0) is 26.2 Å². The second-order valence-corrected chi connectivity index (χ2v) is 11.7. The van der Waals surface area contributed by atoms with Gasteiger partial charge in [0.2, 0.25) is 11.8 Å². The Hall–Kier alpha value is -3.36. The third-order valence-electron chi connectivity index (χ3n) is 6.75. The number of nitrogens with one attached hydrogen (secondary N) is 1. The summed E-state index contributed by atoms with van der Waals surface area (Å²) in [7, 11) is -4.11. The average Bonchev–Trinajstić information content (AvgIpc) is 2.93. The SMILES string of the molecule is CCCCNC(=O)[C@@H](C)N(Cc1ccccc1Cl)C(=O)CN(c1cccc(C)c1C)S(=O)(=O)c1ccccc1. The summed E-state index contributed by atoms with van der Waals surface area (Å²) < 4.78 is 28.9. The maximum Gasteiger partial charge on any atom is 0.264 e. The summed E-state index contributed by atoms with van der Waals surface area (Å²) in [5.74, 6) is -0.832. The van der Waals surface area contributed by atoms with Crippen LogP contribution in [0.15, 0.2) is 77.7 Å². The van der Waals surface area contributed by atoms with E-state index in [2.05, 4.69) is 5.32 Å². The highest BCUT2D eigenvalue weighted by Gasteiger charge is 2.33. The molecule has 0 aliphatic heterocycles. The summed E-state index contributed by atoms with van der Waals surface area (Å²) in [5, 5.41) is 3.33. The Labute approximate surface area is 236 Å². The molecule has 0 aromatic heterocycles. The summed E-state index contributed by atoms with van der Waals surface area (Å²) in [6.45, 7) is 7.44. The zero-order valence-electron chi connectivity index (χ0n) is 22.9. The second-order valence-electron chi connectivity index (χ2n) is 9.48. The quantitative estimate of drug-likeness (QED) is 0.292. The summed E-state index contributed by atoms with van der Waals surface area (Å²) in [6, 6.07) is 19.6. The second kappa shape index (κ2) is 13.6. The van der Waals surface area contributed by atoms with Gasteiger partial charge in [-0.2, -0.15) is 0 Å². The van der Waals surface area contributed by atoms with Gasteiger partial charge in [-0.25, -0.2) is 8.42 Å². The molecule has 0 bridgehead atoms. The highest BCUT2D eigenvalue weighted by Crippen LogP contribution is 2.29. The largest absolute Gasteiger partial charge is 0.354 e. The minimum atomic E-state index is -4.11. The summed E-state index contributed by atoms with van der Waals surface area (Å²) in [4.78, 5) is 28.5. The number of amides is 2. The lowest BCUT2D eigenvalue weighted by molar-refractivity contribution is -0.139. The highest BCUT2D eigenvalue weighted by molar-refractivity contribution is 7.92. The Morgan fingerprint density at radius 3 is 2.28 bits per heavy atom. The minimum Gasteiger partial charge on any atom is -0.354 e. The third kappa shape index (κ3) is 7.40. The lowest BCUT2D eigenvalue weighted by atomic mass is 10.1. The normalized spacial score (nSPS) is 12.0. The van der Waals surface area contributed by atoms with Gasteiger partial charge in [0.05, 0.1) is 10.6 Å². The van der Waals surface area contributed by atoms with E-state index < -0.39 is 28.5 Å². The number of carbonyl (C=O) groups excluding carboxylic acids is 2. The Bertz CT molecular complexity index is 1400. The number of hydrogen-bond acceptors (Lipinski definition) is 4. The maximum atomic E-state index is 14.0. The summed E-state index contributed by atoms with van der Waals surface area (Å²) in [6.07, 6.45) is 1.73. The van der Waals surface area contributed by atoms with Crippen LogP contribution in [0.3, 0.4) is 0 Å². The van der Waals surface area contributed by atoms with Gasteiger partial charge in [-0.3, -0.25) is 13.9 Å².